The predicted molar refractivity (Wildman–Crippen MR) is 119 cm³/mol. The Hall–Kier alpha value is -2.69. The Labute approximate surface area is 192 Å². The highest BCUT2D eigenvalue weighted by Gasteiger charge is 2.26. The van der Waals surface area contributed by atoms with Crippen molar-refractivity contribution in [1.29, 1.82) is 0 Å². The Morgan fingerprint density at radius 3 is 2.48 bits per heavy atom. The van der Waals surface area contributed by atoms with E-state index in [2.05, 4.69) is 20.1 Å². The zero-order chi connectivity index (χ0) is 23.0. The summed E-state index contributed by atoms with van der Waals surface area (Å²) in [5.74, 6) is -2.52. The number of pyridine rings is 1. The third-order valence-electron chi connectivity index (χ3n) is 5.57. The standard InChI is InChI=1S/C23H29F2N5O3/c1-17-3-2-4-18(15-17)16-26-28-22-19(24)21(33-14-7-29-5-10-31-11-6-29)20(25)23(27-22)30-8-12-32-13-9-30/h2-4,15H,5-14,16H2,1H3. The number of morpholine rings is 2. The molecule has 0 saturated carbocycles. The van der Waals surface area contributed by atoms with Gasteiger partial charge in [-0.05, 0) is 12.5 Å². The van der Waals surface area contributed by atoms with Crippen molar-refractivity contribution >= 4 is 11.6 Å². The van der Waals surface area contributed by atoms with Gasteiger partial charge in [-0.25, -0.2) is 4.98 Å². The summed E-state index contributed by atoms with van der Waals surface area (Å²) >= 11 is 0. The van der Waals surface area contributed by atoms with E-state index in [1.807, 2.05) is 31.2 Å². The molecule has 1 aromatic carbocycles. The number of nitrogens with zero attached hydrogens (tertiary/aromatic N) is 5. The van der Waals surface area contributed by atoms with Crippen molar-refractivity contribution in [2.75, 3.05) is 70.7 Å². The van der Waals surface area contributed by atoms with Crippen LogP contribution < -0.4 is 9.64 Å². The van der Waals surface area contributed by atoms with Gasteiger partial charge in [0, 0.05) is 32.7 Å². The highest BCUT2D eigenvalue weighted by molar-refractivity contribution is 5.54. The molecule has 0 atom stereocenters. The Kier molecular flexibility index (Phi) is 8.14. The van der Waals surface area contributed by atoms with E-state index in [0.29, 0.717) is 46.1 Å². The minimum Gasteiger partial charge on any atom is -0.486 e. The Balaban J connectivity index is 1.54. The summed E-state index contributed by atoms with van der Waals surface area (Å²) in [4.78, 5) is 8.00. The molecule has 33 heavy (non-hydrogen) atoms. The summed E-state index contributed by atoms with van der Waals surface area (Å²) < 4.78 is 46.7. The summed E-state index contributed by atoms with van der Waals surface area (Å²) in [5.41, 5.74) is 2.04. The zero-order valence-electron chi connectivity index (χ0n) is 18.8. The molecule has 178 valence electrons. The third-order valence-corrected chi connectivity index (χ3v) is 5.57. The molecule has 8 nitrogen and oxygen atoms in total. The maximum atomic E-state index is 15.3. The highest BCUT2D eigenvalue weighted by atomic mass is 19.1. The molecule has 10 heteroatoms. The summed E-state index contributed by atoms with van der Waals surface area (Å²) in [6.45, 7) is 7.52. The normalized spacial score (nSPS) is 17.6. The van der Waals surface area contributed by atoms with E-state index in [1.165, 1.54) is 0 Å². The van der Waals surface area contributed by atoms with Crippen LogP contribution in [0.5, 0.6) is 5.75 Å². The fourth-order valence-corrected chi connectivity index (χ4v) is 3.77. The molecule has 0 unspecified atom stereocenters. The van der Waals surface area contributed by atoms with Crippen LogP contribution in [-0.2, 0) is 16.0 Å². The van der Waals surface area contributed by atoms with Gasteiger partial charge >= 0.3 is 0 Å². The van der Waals surface area contributed by atoms with Crippen molar-refractivity contribution in [2.24, 2.45) is 10.2 Å². The molecule has 2 aliphatic rings. The number of benzene rings is 1. The molecule has 0 bridgehead atoms. The first kappa shape index (κ1) is 23.5. The van der Waals surface area contributed by atoms with E-state index in [1.54, 1.807) is 4.90 Å². The van der Waals surface area contributed by atoms with Crippen LogP contribution in [0.4, 0.5) is 20.4 Å². The predicted octanol–water partition coefficient (Wildman–Crippen LogP) is 3.50. The molecule has 0 radical (unpaired) electrons. The lowest BCUT2D eigenvalue weighted by Crippen LogP contribution is -2.39. The van der Waals surface area contributed by atoms with Crippen LogP contribution >= 0.6 is 0 Å². The van der Waals surface area contributed by atoms with Crippen LogP contribution in [0.3, 0.4) is 0 Å². The van der Waals surface area contributed by atoms with E-state index < -0.39 is 17.4 Å². The van der Waals surface area contributed by atoms with Crippen molar-refractivity contribution in [2.45, 2.75) is 13.5 Å². The van der Waals surface area contributed by atoms with Crippen LogP contribution in [0.1, 0.15) is 11.1 Å². The Morgan fingerprint density at radius 2 is 1.76 bits per heavy atom. The van der Waals surface area contributed by atoms with Gasteiger partial charge in [0.15, 0.2) is 11.6 Å². The van der Waals surface area contributed by atoms with Crippen molar-refractivity contribution in [1.82, 2.24) is 9.88 Å². The summed E-state index contributed by atoms with van der Waals surface area (Å²) in [6, 6.07) is 7.80. The van der Waals surface area contributed by atoms with Crippen molar-refractivity contribution in [3.63, 3.8) is 0 Å². The molecular weight excluding hydrogens is 432 g/mol. The largest absolute Gasteiger partial charge is 0.486 e. The summed E-state index contributed by atoms with van der Waals surface area (Å²) in [5, 5.41) is 8.10. The molecule has 0 aliphatic carbocycles. The number of hydrogen-bond acceptors (Lipinski definition) is 8. The van der Waals surface area contributed by atoms with E-state index >= 15 is 8.78 Å². The van der Waals surface area contributed by atoms with Gasteiger partial charge in [-0.1, -0.05) is 29.8 Å². The van der Waals surface area contributed by atoms with Gasteiger partial charge in [0.05, 0.1) is 33.0 Å². The molecule has 4 rings (SSSR count). The zero-order valence-corrected chi connectivity index (χ0v) is 18.8. The van der Waals surface area contributed by atoms with E-state index in [0.717, 1.165) is 24.2 Å². The fourth-order valence-electron chi connectivity index (χ4n) is 3.77. The van der Waals surface area contributed by atoms with Gasteiger partial charge in [-0.2, -0.15) is 13.9 Å². The van der Waals surface area contributed by atoms with E-state index in [4.69, 9.17) is 14.2 Å². The number of aromatic nitrogens is 1. The quantitative estimate of drug-likeness (QED) is 0.561. The maximum Gasteiger partial charge on any atom is 0.216 e. The highest BCUT2D eigenvalue weighted by Crippen LogP contribution is 2.35. The maximum absolute atomic E-state index is 15.3. The number of anilines is 1. The monoisotopic (exact) mass is 461 g/mol. The van der Waals surface area contributed by atoms with Gasteiger partial charge < -0.3 is 19.1 Å². The van der Waals surface area contributed by atoms with Crippen LogP contribution in [0.2, 0.25) is 0 Å². The number of halogens is 2. The second kappa shape index (κ2) is 11.4. The van der Waals surface area contributed by atoms with Gasteiger partial charge in [0.1, 0.15) is 6.61 Å². The second-order valence-corrected chi connectivity index (χ2v) is 8.01. The van der Waals surface area contributed by atoms with Gasteiger partial charge in [0.25, 0.3) is 0 Å². The molecule has 2 fully saturated rings. The SMILES string of the molecule is Cc1cccc(CN=Nc2nc(N3CCOCC3)c(F)c(OCCN3CCOCC3)c2F)c1. The molecule has 0 N–H and O–H groups in total. The van der Waals surface area contributed by atoms with E-state index in [-0.39, 0.29) is 24.8 Å². The average Bonchev–Trinajstić information content (AvgIpc) is 2.84. The minimum absolute atomic E-state index is 0.00516. The second-order valence-electron chi connectivity index (χ2n) is 8.01. The molecule has 1 aromatic heterocycles. The Bertz CT molecular complexity index is 963. The molecule has 0 amide bonds. The molecule has 2 aromatic rings. The van der Waals surface area contributed by atoms with Crippen molar-refractivity contribution in [3.8, 4) is 5.75 Å². The first-order chi connectivity index (χ1) is 16.1. The van der Waals surface area contributed by atoms with Crippen LogP contribution in [-0.4, -0.2) is 75.6 Å². The van der Waals surface area contributed by atoms with Crippen LogP contribution in [0.25, 0.3) is 0 Å². The van der Waals surface area contributed by atoms with Crippen LogP contribution in [0.15, 0.2) is 34.5 Å². The molecule has 0 spiro atoms. The number of azo groups is 1. The van der Waals surface area contributed by atoms with E-state index in [9.17, 15) is 0 Å². The topological polar surface area (TPSA) is 71.8 Å². The first-order valence-corrected chi connectivity index (χ1v) is 11.2. The lowest BCUT2D eigenvalue weighted by Gasteiger charge is -2.29. The lowest BCUT2D eigenvalue weighted by atomic mass is 10.1. The number of aryl methyl sites for hydroxylation is 1. The van der Waals surface area contributed by atoms with Gasteiger partial charge in [-0.3, -0.25) is 4.90 Å². The number of hydrogen-bond donors (Lipinski definition) is 0. The molecule has 3 heterocycles. The minimum atomic E-state index is -0.945. The van der Waals surface area contributed by atoms with Crippen LogP contribution in [0, 0.1) is 18.6 Å². The summed E-state index contributed by atoms with van der Waals surface area (Å²) in [7, 11) is 0. The third kappa shape index (κ3) is 6.21. The van der Waals surface area contributed by atoms with Gasteiger partial charge in [0.2, 0.25) is 17.5 Å². The number of ether oxygens (including phenoxy) is 3. The van der Waals surface area contributed by atoms with Crippen molar-refractivity contribution in [3.05, 3.63) is 47.0 Å². The fraction of sp³-hybridized carbons (Fsp3) is 0.522. The smallest absolute Gasteiger partial charge is 0.216 e. The molecule has 2 aliphatic heterocycles. The molecular formula is C23H29F2N5O3. The summed E-state index contributed by atoms with van der Waals surface area (Å²) in [6.07, 6.45) is 0. The number of rotatable bonds is 8. The Morgan fingerprint density at radius 1 is 1.03 bits per heavy atom. The molecule has 2 saturated heterocycles. The first-order valence-electron chi connectivity index (χ1n) is 11.2. The average molecular weight is 462 g/mol. The van der Waals surface area contributed by atoms with Gasteiger partial charge in [-0.15, -0.1) is 5.11 Å². The lowest BCUT2D eigenvalue weighted by molar-refractivity contribution is 0.0318. The van der Waals surface area contributed by atoms with Crippen molar-refractivity contribution < 1.29 is 23.0 Å².